The highest BCUT2D eigenvalue weighted by atomic mass is 16.5. The molecule has 0 aliphatic carbocycles. The molecular formula is C22H30N4O3. The summed E-state index contributed by atoms with van der Waals surface area (Å²) in [6, 6.07) is 4.26. The Balaban J connectivity index is 1.74. The third kappa shape index (κ3) is 4.02. The maximum atomic E-state index is 12.3. The van der Waals surface area contributed by atoms with Crippen LogP contribution in [0.1, 0.15) is 32.3 Å². The fraction of sp³-hybridized carbons (Fsp3) is 0.545. The summed E-state index contributed by atoms with van der Waals surface area (Å²) in [6.07, 6.45) is 6.68. The largest absolute Gasteiger partial charge is 0.492 e. The van der Waals surface area contributed by atoms with Crippen molar-refractivity contribution >= 4 is 11.6 Å². The van der Waals surface area contributed by atoms with E-state index < -0.39 is 0 Å². The molecule has 0 spiro atoms. The molecule has 2 atom stereocenters. The maximum absolute atomic E-state index is 12.3. The van der Waals surface area contributed by atoms with Crippen molar-refractivity contribution in [1.82, 2.24) is 15.1 Å². The van der Waals surface area contributed by atoms with E-state index in [4.69, 9.17) is 4.74 Å². The fourth-order valence-corrected chi connectivity index (χ4v) is 4.46. The van der Waals surface area contributed by atoms with Gasteiger partial charge in [-0.05, 0) is 44.9 Å². The number of rotatable bonds is 6. The van der Waals surface area contributed by atoms with Gasteiger partial charge >= 0.3 is 0 Å². The average molecular weight is 399 g/mol. The summed E-state index contributed by atoms with van der Waals surface area (Å²) >= 11 is 0. The number of nitrogens with zero attached hydrogens (tertiary/aromatic N) is 3. The Morgan fingerprint density at radius 1 is 1.38 bits per heavy atom. The molecule has 3 heterocycles. The lowest BCUT2D eigenvalue weighted by Gasteiger charge is -2.36. The van der Waals surface area contributed by atoms with Crippen LogP contribution in [-0.4, -0.2) is 53.1 Å². The van der Waals surface area contributed by atoms with Gasteiger partial charge in [0, 0.05) is 48.3 Å². The lowest BCUT2D eigenvalue weighted by molar-refractivity contribution is -0.117. The summed E-state index contributed by atoms with van der Waals surface area (Å²) in [5.74, 6) is 1.44. The van der Waals surface area contributed by atoms with E-state index in [-0.39, 0.29) is 18.6 Å². The van der Waals surface area contributed by atoms with Crippen LogP contribution >= 0.6 is 0 Å². The van der Waals surface area contributed by atoms with Crippen molar-refractivity contribution in [3.63, 3.8) is 0 Å². The van der Waals surface area contributed by atoms with E-state index in [2.05, 4.69) is 17.3 Å². The number of benzene rings is 1. The summed E-state index contributed by atoms with van der Waals surface area (Å²) in [5.41, 5.74) is 4.03. The van der Waals surface area contributed by atoms with Crippen LogP contribution < -0.4 is 15.0 Å². The molecule has 1 fully saturated rings. The van der Waals surface area contributed by atoms with E-state index in [1.807, 2.05) is 29.4 Å². The Morgan fingerprint density at radius 2 is 2.24 bits per heavy atom. The van der Waals surface area contributed by atoms with Gasteiger partial charge < -0.3 is 20.1 Å². The molecule has 4 rings (SSSR count). The van der Waals surface area contributed by atoms with Crippen LogP contribution in [0, 0.1) is 5.92 Å². The van der Waals surface area contributed by atoms with Gasteiger partial charge in [-0.25, -0.2) is 0 Å². The smallest absolute Gasteiger partial charge is 0.224 e. The number of aromatic nitrogens is 2. The number of amides is 1. The number of anilines is 1. The Morgan fingerprint density at radius 3 is 2.97 bits per heavy atom. The first-order valence-corrected chi connectivity index (χ1v) is 10.5. The van der Waals surface area contributed by atoms with Crippen molar-refractivity contribution in [2.75, 3.05) is 31.2 Å². The quantitative estimate of drug-likeness (QED) is 0.780. The number of hydrogen-bond donors (Lipinski definition) is 2. The zero-order valence-electron chi connectivity index (χ0n) is 17.2. The highest BCUT2D eigenvalue weighted by molar-refractivity contribution is 5.95. The molecule has 0 bridgehead atoms. The van der Waals surface area contributed by atoms with Gasteiger partial charge in [0.15, 0.2) is 0 Å². The monoisotopic (exact) mass is 398 g/mol. The van der Waals surface area contributed by atoms with Crippen molar-refractivity contribution < 1.29 is 14.6 Å². The molecule has 156 valence electrons. The standard InChI is InChI=1S/C22H30N4O3/c1-15-3-4-20-21(26(15)16(2)28)6-5-19(18-12-24-25(13-18)9-10-27)22(20)29-14-17-7-8-23-11-17/h5-6,12-13,15,17,23,27H,3-4,7-11,14H2,1-2H3/t15-,17-/m0/s1. The summed E-state index contributed by atoms with van der Waals surface area (Å²) in [7, 11) is 0. The summed E-state index contributed by atoms with van der Waals surface area (Å²) < 4.78 is 8.18. The van der Waals surface area contributed by atoms with E-state index in [0.29, 0.717) is 19.1 Å². The van der Waals surface area contributed by atoms with Crippen molar-refractivity contribution in [3.8, 4) is 16.9 Å². The van der Waals surface area contributed by atoms with Crippen LogP contribution in [-0.2, 0) is 17.8 Å². The lowest BCUT2D eigenvalue weighted by atomic mass is 9.92. The summed E-state index contributed by atoms with van der Waals surface area (Å²) in [4.78, 5) is 14.2. The highest BCUT2D eigenvalue weighted by Crippen LogP contribution is 2.43. The Kier molecular flexibility index (Phi) is 5.87. The van der Waals surface area contributed by atoms with Gasteiger partial charge in [0.1, 0.15) is 5.75 Å². The molecule has 1 amide bonds. The molecule has 0 unspecified atom stereocenters. The van der Waals surface area contributed by atoms with Crippen molar-refractivity contribution in [2.24, 2.45) is 5.92 Å². The van der Waals surface area contributed by atoms with Gasteiger partial charge in [-0.1, -0.05) is 0 Å². The van der Waals surface area contributed by atoms with Crippen LogP contribution in [0.25, 0.3) is 11.1 Å². The Hall–Kier alpha value is -2.38. The Bertz CT molecular complexity index is 873. The Labute approximate surface area is 171 Å². The second kappa shape index (κ2) is 8.55. The average Bonchev–Trinajstić information content (AvgIpc) is 3.37. The zero-order valence-corrected chi connectivity index (χ0v) is 17.2. The molecule has 2 aliphatic rings. The van der Waals surface area contributed by atoms with Crippen molar-refractivity contribution in [3.05, 3.63) is 30.1 Å². The fourth-order valence-electron chi connectivity index (χ4n) is 4.46. The number of nitrogens with one attached hydrogen (secondary N) is 1. The SMILES string of the molecule is CC(=O)N1c2ccc(-c3cnn(CCO)c3)c(OC[C@H]3CCNC3)c2CC[C@@H]1C. The van der Waals surface area contributed by atoms with E-state index >= 15 is 0 Å². The van der Waals surface area contributed by atoms with Gasteiger partial charge in [-0.2, -0.15) is 5.10 Å². The predicted molar refractivity (Wildman–Crippen MR) is 112 cm³/mol. The minimum atomic E-state index is 0.0504. The van der Waals surface area contributed by atoms with Crippen LogP contribution in [0.5, 0.6) is 5.75 Å². The number of ether oxygens (including phenoxy) is 1. The molecule has 7 heteroatoms. The third-order valence-electron chi connectivity index (χ3n) is 5.99. The molecule has 2 aliphatic heterocycles. The summed E-state index contributed by atoms with van der Waals surface area (Å²) in [5, 5.41) is 16.9. The molecular weight excluding hydrogens is 368 g/mol. The molecule has 1 saturated heterocycles. The van der Waals surface area contributed by atoms with Gasteiger partial charge in [0.05, 0.1) is 31.6 Å². The van der Waals surface area contributed by atoms with Crippen molar-refractivity contribution in [2.45, 2.75) is 45.7 Å². The van der Waals surface area contributed by atoms with Gasteiger partial charge in [0.2, 0.25) is 5.91 Å². The topological polar surface area (TPSA) is 79.6 Å². The van der Waals surface area contributed by atoms with Gasteiger partial charge in [0.25, 0.3) is 0 Å². The summed E-state index contributed by atoms with van der Waals surface area (Å²) in [6.45, 7) is 6.92. The first-order chi connectivity index (χ1) is 14.1. The second-order valence-corrected chi connectivity index (χ2v) is 8.10. The van der Waals surface area contributed by atoms with E-state index in [9.17, 15) is 9.90 Å². The lowest BCUT2D eigenvalue weighted by Crippen LogP contribution is -2.40. The second-order valence-electron chi connectivity index (χ2n) is 8.10. The minimum absolute atomic E-state index is 0.0504. The number of aliphatic hydroxyl groups is 1. The van der Waals surface area contributed by atoms with E-state index in [1.165, 1.54) is 0 Å². The van der Waals surface area contributed by atoms with Crippen molar-refractivity contribution in [1.29, 1.82) is 0 Å². The number of hydrogen-bond acceptors (Lipinski definition) is 5. The van der Waals surface area contributed by atoms with Gasteiger partial charge in [-0.3, -0.25) is 9.48 Å². The molecule has 29 heavy (non-hydrogen) atoms. The van der Waals surface area contributed by atoms with Crippen LogP contribution in [0.2, 0.25) is 0 Å². The van der Waals surface area contributed by atoms with Crippen LogP contribution in [0.15, 0.2) is 24.5 Å². The first-order valence-electron chi connectivity index (χ1n) is 10.5. The number of carbonyl (C=O) groups is 1. The molecule has 0 saturated carbocycles. The molecule has 1 aromatic heterocycles. The number of fused-ring (bicyclic) bond motifs is 1. The highest BCUT2D eigenvalue weighted by Gasteiger charge is 2.30. The molecule has 1 aromatic carbocycles. The molecule has 2 N–H and O–H groups in total. The first kappa shape index (κ1) is 19.9. The maximum Gasteiger partial charge on any atom is 0.224 e. The number of aliphatic hydroxyl groups excluding tert-OH is 1. The van der Waals surface area contributed by atoms with E-state index in [1.54, 1.807) is 11.6 Å². The normalized spacial score (nSPS) is 21.3. The minimum Gasteiger partial charge on any atom is -0.492 e. The molecule has 2 aromatic rings. The molecule has 0 radical (unpaired) electrons. The zero-order chi connectivity index (χ0) is 20.4. The number of carbonyl (C=O) groups excluding carboxylic acids is 1. The third-order valence-corrected chi connectivity index (χ3v) is 5.99. The van der Waals surface area contributed by atoms with E-state index in [0.717, 1.165) is 60.5 Å². The van der Waals surface area contributed by atoms with Gasteiger partial charge in [-0.15, -0.1) is 0 Å². The van der Waals surface area contributed by atoms with Crippen LogP contribution in [0.4, 0.5) is 5.69 Å². The molecule has 7 nitrogen and oxygen atoms in total. The van der Waals surface area contributed by atoms with Crippen LogP contribution in [0.3, 0.4) is 0 Å². The predicted octanol–water partition coefficient (Wildman–Crippen LogP) is 2.22.